The molecule has 4 heterocycles. The molecule has 0 spiro atoms. The summed E-state index contributed by atoms with van der Waals surface area (Å²) < 4.78 is 15.6. The van der Waals surface area contributed by atoms with Gasteiger partial charge >= 0.3 is 0 Å². The van der Waals surface area contributed by atoms with Crippen LogP contribution < -0.4 is 0 Å². The molecule has 0 aliphatic heterocycles. The van der Waals surface area contributed by atoms with Gasteiger partial charge in [-0.05, 0) is 106 Å². The molecule has 0 bridgehead atoms. The highest BCUT2D eigenvalue weighted by Gasteiger charge is 2.26. The van der Waals surface area contributed by atoms with Crippen molar-refractivity contribution in [2.45, 2.75) is 52.4 Å². The number of rotatable bonds is 6. The standard InChI is InChI=1S/C66H51N3O2/c1-65(2,3)44-29-32-57-53(37-44)54-38-45(66(4,5)6)30-33-58(54)69(57)62-51(40-18-9-7-10-19-40)34-43(35-52(62)41-20-11-8-12-21-41)55-39-56(50-25-17-24-49-47-23-14-16-27-60(47)71-63(49)50)68-64(67-55)42-28-31-48-46-22-13-15-26-59(46)70-61(48)36-42/h7-39H,1-6H3. The Morgan fingerprint density at radius 2 is 0.873 bits per heavy atom. The second-order valence-electron chi connectivity index (χ2n) is 21.0. The lowest BCUT2D eigenvalue weighted by Crippen LogP contribution is -2.10. The summed E-state index contributed by atoms with van der Waals surface area (Å²) in [4.78, 5) is 10.9. The number of nitrogens with zero attached hydrogens (tertiary/aromatic N) is 3. The van der Waals surface area contributed by atoms with Gasteiger partial charge in [0.15, 0.2) is 5.82 Å². The zero-order chi connectivity index (χ0) is 48.2. The average molecular weight is 918 g/mol. The largest absolute Gasteiger partial charge is 0.456 e. The first-order valence-corrected chi connectivity index (χ1v) is 24.5. The first kappa shape index (κ1) is 42.6. The lowest BCUT2D eigenvalue weighted by Gasteiger charge is -2.22. The van der Waals surface area contributed by atoms with Crippen molar-refractivity contribution in [3.8, 4) is 61.8 Å². The van der Waals surface area contributed by atoms with Crippen molar-refractivity contribution in [2.24, 2.45) is 0 Å². The van der Waals surface area contributed by atoms with E-state index in [1.54, 1.807) is 0 Å². The van der Waals surface area contributed by atoms with Gasteiger partial charge in [-0.25, -0.2) is 9.97 Å². The molecule has 0 saturated carbocycles. The van der Waals surface area contributed by atoms with Crippen molar-refractivity contribution >= 4 is 65.7 Å². The predicted octanol–water partition coefficient (Wildman–Crippen LogP) is 18.3. The van der Waals surface area contributed by atoms with Gasteiger partial charge in [0.1, 0.15) is 22.3 Å². The molecule has 0 N–H and O–H groups in total. The van der Waals surface area contributed by atoms with Crippen LogP contribution in [0, 0.1) is 0 Å². The van der Waals surface area contributed by atoms with E-state index in [0.717, 1.165) is 111 Å². The summed E-state index contributed by atoms with van der Waals surface area (Å²) in [6.45, 7) is 13.8. The number of fused-ring (bicyclic) bond motifs is 9. The van der Waals surface area contributed by atoms with E-state index in [4.69, 9.17) is 18.8 Å². The molecule has 9 aromatic carbocycles. The maximum Gasteiger partial charge on any atom is 0.160 e. The monoisotopic (exact) mass is 917 g/mol. The van der Waals surface area contributed by atoms with E-state index in [0.29, 0.717) is 5.82 Å². The van der Waals surface area contributed by atoms with Gasteiger partial charge in [0, 0.05) is 60.1 Å². The van der Waals surface area contributed by atoms with E-state index in [1.807, 2.05) is 30.3 Å². The van der Waals surface area contributed by atoms with Crippen molar-refractivity contribution in [2.75, 3.05) is 0 Å². The van der Waals surface area contributed by atoms with Crippen LogP contribution in [0.1, 0.15) is 52.7 Å². The fourth-order valence-corrected chi connectivity index (χ4v) is 10.6. The number of hydrogen-bond donors (Lipinski definition) is 0. The van der Waals surface area contributed by atoms with Crippen molar-refractivity contribution < 1.29 is 8.83 Å². The molecule has 0 amide bonds. The predicted molar refractivity (Wildman–Crippen MR) is 296 cm³/mol. The minimum absolute atomic E-state index is 0.0285. The second kappa shape index (κ2) is 16.0. The fourth-order valence-electron chi connectivity index (χ4n) is 10.6. The van der Waals surface area contributed by atoms with Crippen LogP contribution in [-0.2, 0) is 10.8 Å². The van der Waals surface area contributed by atoms with Gasteiger partial charge in [-0.1, -0.05) is 169 Å². The van der Waals surface area contributed by atoms with Gasteiger partial charge in [-0.15, -0.1) is 0 Å². The summed E-state index contributed by atoms with van der Waals surface area (Å²) in [5, 5.41) is 6.73. The Kier molecular flexibility index (Phi) is 9.60. The molecule has 5 nitrogen and oxygen atoms in total. The number of furan rings is 2. The SMILES string of the molecule is CC(C)(C)c1ccc2c(c1)c1cc(C(C)(C)C)ccc1n2-c1c(-c2ccccc2)cc(-c2cc(-c3cccc4c3oc3ccccc34)nc(-c3ccc4c(c3)oc3ccccc34)n2)cc1-c1ccccc1. The molecule has 0 unspecified atom stereocenters. The smallest absolute Gasteiger partial charge is 0.160 e. The number of benzene rings is 9. The topological polar surface area (TPSA) is 57.0 Å². The highest BCUT2D eigenvalue weighted by Crippen LogP contribution is 2.46. The first-order chi connectivity index (χ1) is 34.4. The van der Waals surface area contributed by atoms with Crippen molar-refractivity contribution in [3.63, 3.8) is 0 Å². The normalized spacial score (nSPS) is 12.4. The van der Waals surface area contributed by atoms with Gasteiger partial charge in [-0.2, -0.15) is 0 Å². The average Bonchev–Trinajstić information content (AvgIpc) is 4.07. The summed E-state index contributed by atoms with van der Waals surface area (Å²) in [6, 6.07) is 71.6. The van der Waals surface area contributed by atoms with E-state index >= 15 is 0 Å². The molecule has 4 aromatic heterocycles. The van der Waals surface area contributed by atoms with E-state index in [1.165, 1.54) is 21.9 Å². The van der Waals surface area contributed by atoms with Crippen LogP contribution in [0.15, 0.2) is 209 Å². The molecule has 13 aromatic rings. The summed E-state index contributed by atoms with van der Waals surface area (Å²) >= 11 is 0. The third kappa shape index (κ3) is 7.14. The first-order valence-electron chi connectivity index (χ1n) is 24.5. The van der Waals surface area contributed by atoms with E-state index in [-0.39, 0.29) is 10.8 Å². The Morgan fingerprint density at radius 3 is 1.48 bits per heavy atom. The Balaban J connectivity index is 1.12. The van der Waals surface area contributed by atoms with Gasteiger partial charge in [-0.3, -0.25) is 0 Å². The number of para-hydroxylation sites is 3. The maximum absolute atomic E-state index is 6.68. The summed E-state index contributed by atoms with van der Waals surface area (Å²) in [5.74, 6) is 0.589. The van der Waals surface area contributed by atoms with Gasteiger partial charge in [0.25, 0.3) is 0 Å². The Hall–Kier alpha value is -8.54. The van der Waals surface area contributed by atoms with Crippen LogP contribution in [0.5, 0.6) is 0 Å². The molecule has 0 fully saturated rings. The van der Waals surface area contributed by atoms with Crippen molar-refractivity contribution in [3.05, 3.63) is 211 Å². The molecule has 71 heavy (non-hydrogen) atoms. The lowest BCUT2D eigenvalue weighted by molar-refractivity contribution is 0.590. The third-order valence-corrected chi connectivity index (χ3v) is 14.3. The molecule has 342 valence electrons. The third-order valence-electron chi connectivity index (χ3n) is 14.3. The van der Waals surface area contributed by atoms with Crippen LogP contribution in [0.25, 0.3) is 128 Å². The summed E-state index contributed by atoms with van der Waals surface area (Å²) in [7, 11) is 0. The Bertz CT molecular complexity index is 4100. The summed E-state index contributed by atoms with van der Waals surface area (Å²) in [5.41, 5.74) is 17.9. The Labute approximate surface area is 412 Å². The molecule has 0 aliphatic carbocycles. The van der Waals surface area contributed by atoms with Crippen molar-refractivity contribution in [1.82, 2.24) is 14.5 Å². The van der Waals surface area contributed by atoms with E-state index in [9.17, 15) is 0 Å². The molecular formula is C66H51N3O2. The minimum Gasteiger partial charge on any atom is -0.456 e. The van der Waals surface area contributed by atoms with Crippen LogP contribution in [0.2, 0.25) is 0 Å². The molecule has 5 heteroatoms. The fraction of sp³-hybridized carbons (Fsp3) is 0.121. The lowest BCUT2D eigenvalue weighted by atomic mass is 9.85. The molecule has 0 radical (unpaired) electrons. The van der Waals surface area contributed by atoms with Crippen LogP contribution >= 0.6 is 0 Å². The van der Waals surface area contributed by atoms with Gasteiger partial charge in [0.05, 0.1) is 28.1 Å². The van der Waals surface area contributed by atoms with Crippen LogP contribution in [0.4, 0.5) is 0 Å². The van der Waals surface area contributed by atoms with Crippen LogP contribution in [0.3, 0.4) is 0 Å². The zero-order valence-electron chi connectivity index (χ0n) is 40.7. The highest BCUT2D eigenvalue weighted by molar-refractivity contribution is 6.12. The van der Waals surface area contributed by atoms with Gasteiger partial charge < -0.3 is 13.4 Å². The van der Waals surface area contributed by atoms with E-state index in [2.05, 4.69) is 216 Å². The molecule has 0 saturated heterocycles. The van der Waals surface area contributed by atoms with Gasteiger partial charge in [0.2, 0.25) is 0 Å². The quantitative estimate of drug-likeness (QED) is 0.167. The molecular weight excluding hydrogens is 867 g/mol. The highest BCUT2D eigenvalue weighted by atomic mass is 16.3. The minimum atomic E-state index is -0.0285. The number of hydrogen-bond acceptors (Lipinski definition) is 4. The molecule has 0 atom stereocenters. The van der Waals surface area contributed by atoms with Crippen molar-refractivity contribution in [1.29, 1.82) is 0 Å². The molecule has 13 rings (SSSR count). The van der Waals surface area contributed by atoms with Crippen LogP contribution in [-0.4, -0.2) is 14.5 Å². The Morgan fingerprint density at radius 1 is 0.352 bits per heavy atom. The second-order valence-corrected chi connectivity index (χ2v) is 21.0. The van der Waals surface area contributed by atoms with E-state index < -0.39 is 0 Å². The summed E-state index contributed by atoms with van der Waals surface area (Å²) in [6.07, 6.45) is 0. The maximum atomic E-state index is 6.68. The zero-order valence-corrected chi connectivity index (χ0v) is 40.7. The number of aromatic nitrogens is 3. The molecule has 0 aliphatic rings.